The molecule has 114 valence electrons. The molecule has 2 N–H and O–H groups in total. The van der Waals surface area contributed by atoms with Crippen molar-refractivity contribution in [2.75, 3.05) is 5.75 Å². The molecule has 0 spiro atoms. The number of β-lactam (4-membered cyclic amide) rings is 1. The third-order valence-corrected chi connectivity index (χ3v) is 6.60. The van der Waals surface area contributed by atoms with Crippen molar-refractivity contribution in [3.05, 3.63) is 0 Å². The topological polar surface area (TPSA) is 94.9 Å². The number of aliphatic carboxylic acids is 1. The summed E-state index contributed by atoms with van der Waals surface area (Å²) < 4.78 is -0.192. The van der Waals surface area contributed by atoms with Crippen molar-refractivity contribution in [2.45, 2.75) is 32.4 Å². The van der Waals surface area contributed by atoms with Gasteiger partial charge in [0.05, 0.1) is 5.92 Å². The number of carboxylic acid groups (broad SMARTS) is 1. The quantitative estimate of drug-likeness (QED) is 0.561. The fourth-order valence-electron chi connectivity index (χ4n) is 1.86. The van der Waals surface area contributed by atoms with Gasteiger partial charge in [0, 0.05) is 5.75 Å². The summed E-state index contributed by atoms with van der Waals surface area (Å²) in [7, 11) is 2.45. The van der Waals surface area contributed by atoms with Gasteiger partial charge in [-0.3, -0.25) is 14.5 Å². The minimum atomic E-state index is -1.90. The lowest BCUT2D eigenvalue weighted by Crippen LogP contribution is -2.66. The molecule has 20 heavy (non-hydrogen) atoms. The summed E-state index contributed by atoms with van der Waals surface area (Å²) in [5, 5.41) is 17.7. The molecule has 1 saturated heterocycles. The summed E-state index contributed by atoms with van der Waals surface area (Å²) >= 11 is 0.905. The Kier molecular flexibility index (Phi) is 6.70. The number of aliphatic hydroxyl groups is 1. The van der Waals surface area contributed by atoms with E-state index >= 15 is 0 Å². The van der Waals surface area contributed by atoms with Crippen molar-refractivity contribution >= 4 is 49.7 Å². The molecular formula is C11H17NO5S3. The molecule has 0 radical (unpaired) electrons. The van der Waals surface area contributed by atoms with E-state index in [2.05, 4.69) is 0 Å². The Morgan fingerprint density at radius 2 is 2.00 bits per heavy atom. The van der Waals surface area contributed by atoms with Crippen LogP contribution in [-0.2, 0) is 9.59 Å². The van der Waals surface area contributed by atoms with Crippen LogP contribution >= 0.6 is 33.3 Å². The van der Waals surface area contributed by atoms with E-state index in [9.17, 15) is 19.5 Å². The van der Waals surface area contributed by atoms with Crippen molar-refractivity contribution in [1.29, 1.82) is 0 Å². The van der Waals surface area contributed by atoms with Crippen LogP contribution in [0.4, 0.5) is 4.79 Å². The molecule has 3 unspecified atom stereocenters. The summed E-state index contributed by atoms with van der Waals surface area (Å²) in [6.07, 6.45) is -1.90. The standard InChI is InChI=1S/C11H17NO5S3/c1-4-18-20-11(17)19-9-6(5(2)3)7(13)12(9)8(14)10(15)16/h5-6,8-9,14H,4H2,1-3H3,(H,15,16). The molecule has 1 rings (SSSR count). The second kappa shape index (κ2) is 7.58. The van der Waals surface area contributed by atoms with E-state index in [1.54, 1.807) is 0 Å². The number of hydrogen-bond donors (Lipinski definition) is 2. The number of likely N-dealkylation sites (tertiary alicyclic amines) is 1. The van der Waals surface area contributed by atoms with Gasteiger partial charge in [-0.15, -0.1) is 0 Å². The van der Waals surface area contributed by atoms with Crippen molar-refractivity contribution in [2.24, 2.45) is 11.8 Å². The summed E-state index contributed by atoms with van der Waals surface area (Å²) in [6, 6.07) is 0. The average molecular weight is 339 g/mol. The van der Waals surface area contributed by atoms with Crippen LogP contribution in [0, 0.1) is 11.8 Å². The van der Waals surface area contributed by atoms with E-state index in [0.29, 0.717) is 0 Å². The summed E-state index contributed by atoms with van der Waals surface area (Å²) in [4.78, 5) is 35.4. The van der Waals surface area contributed by atoms with Gasteiger partial charge >= 0.3 is 5.97 Å². The zero-order valence-corrected chi connectivity index (χ0v) is 13.8. The monoisotopic (exact) mass is 339 g/mol. The number of thioether (sulfide) groups is 1. The van der Waals surface area contributed by atoms with E-state index in [1.807, 2.05) is 20.8 Å². The summed E-state index contributed by atoms with van der Waals surface area (Å²) in [5.41, 5.74) is 0. The van der Waals surface area contributed by atoms with Crippen LogP contribution < -0.4 is 0 Å². The van der Waals surface area contributed by atoms with Gasteiger partial charge in [0.25, 0.3) is 4.45 Å². The summed E-state index contributed by atoms with van der Waals surface area (Å²) in [5.74, 6) is -1.60. The summed E-state index contributed by atoms with van der Waals surface area (Å²) in [6.45, 7) is 5.58. The Bertz CT molecular complexity index is 404. The Labute approximate surface area is 129 Å². The third-order valence-electron chi connectivity index (χ3n) is 2.79. The highest BCUT2D eigenvalue weighted by Gasteiger charge is 2.54. The molecule has 0 aromatic heterocycles. The molecule has 1 amide bonds. The first-order valence-electron chi connectivity index (χ1n) is 6.04. The van der Waals surface area contributed by atoms with Crippen molar-refractivity contribution in [3.8, 4) is 0 Å². The zero-order chi connectivity index (χ0) is 15.4. The first-order chi connectivity index (χ1) is 9.31. The molecule has 1 heterocycles. The number of hydrogen-bond acceptors (Lipinski definition) is 7. The normalized spacial score (nSPS) is 23.6. The van der Waals surface area contributed by atoms with Crippen LogP contribution in [0.1, 0.15) is 20.8 Å². The van der Waals surface area contributed by atoms with Gasteiger partial charge in [0.2, 0.25) is 12.1 Å². The van der Waals surface area contributed by atoms with Crippen LogP contribution in [0.3, 0.4) is 0 Å². The molecule has 1 aliphatic rings. The lowest BCUT2D eigenvalue weighted by atomic mass is 9.86. The smallest absolute Gasteiger partial charge is 0.354 e. The van der Waals surface area contributed by atoms with Crippen LogP contribution in [0.15, 0.2) is 0 Å². The van der Waals surface area contributed by atoms with Crippen molar-refractivity contribution < 1.29 is 24.6 Å². The van der Waals surface area contributed by atoms with Gasteiger partial charge in [-0.2, -0.15) is 0 Å². The van der Waals surface area contributed by atoms with Gasteiger partial charge in [-0.1, -0.05) is 31.6 Å². The Hall–Kier alpha value is -0.380. The fraction of sp³-hybridized carbons (Fsp3) is 0.727. The van der Waals surface area contributed by atoms with E-state index in [1.165, 1.54) is 10.8 Å². The lowest BCUT2D eigenvalue weighted by molar-refractivity contribution is -0.183. The largest absolute Gasteiger partial charge is 0.478 e. The van der Waals surface area contributed by atoms with Crippen LogP contribution in [0.2, 0.25) is 0 Å². The maximum absolute atomic E-state index is 11.9. The van der Waals surface area contributed by atoms with E-state index in [4.69, 9.17) is 5.11 Å². The number of nitrogens with zero attached hydrogens (tertiary/aromatic N) is 1. The van der Waals surface area contributed by atoms with Gasteiger partial charge in [0.1, 0.15) is 5.37 Å². The molecule has 0 saturated carbocycles. The molecule has 0 bridgehead atoms. The van der Waals surface area contributed by atoms with Crippen LogP contribution in [-0.4, -0.2) is 48.8 Å². The van der Waals surface area contributed by atoms with Crippen LogP contribution in [0.5, 0.6) is 0 Å². The fourth-order valence-corrected chi connectivity index (χ4v) is 5.06. The van der Waals surface area contributed by atoms with E-state index in [0.717, 1.165) is 33.2 Å². The molecule has 9 heteroatoms. The molecule has 0 aromatic carbocycles. The number of carbonyl (C=O) groups is 3. The first kappa shape index (κ1) is 17.7. The van der Waals surface area contributed by atoms with Gasteiger partial charge in [0.15, 0.2) is 0 Å². The number of carboxylic acids is 1. The predicted octanol–water partition coefficient (Wildman–Crippen LogP) is 2.08. The van der Waals surface area contributed by atoms with Gasteiger partial charge < -0.3 is 10.2 Å². The first-order valence-corrected chi connectivity index (χ1v) is 9.24. The van der Waals surface area contributed by atoms with E-state index < -0.39 is 29.4 Å². The predicted molar refractivity (Wildman–Crippen MR) is 81.3 cm³/mol. The Balaban J connectivity index is 2.77. The number of rotatable bonds is 6. The molecule has 6 nitrogen and oxygen atoms in total. The average Bonchev–Trinajstić information content (AvgIpc) is 2.34. The highest BCUT2D eigenvalue weighted by molar-refractivity contribution is 8.85. The Morgan fingerprint density at radius 1 is 1.40 bits per heavy atom. The van der Waals surface area contributed by atoms with Gasteiger partial charge in [-0.05, 0) is 28.5 Å². The maximum atomic E-state index is 11.9. The lowest BCUT2D eigenvalue weighted by Gasteiger charge is -2.48. The second-order valence-corrected chi connectivity index (χ2v) is 8.38. The zero-order valence-electron chi connectivity index (χ0n) is 11.3. The van der Waals surface area contributed by atoms with Crippen LogP contribution in [0.25, 0.3) is 0 Å². The molecular weight excluding hydrogens is 322 g/mol. The number of amides is 1. The van der Waals surface area contributed by atoms with E-state index in [-0.39, 0.29) is 10.4 Å². The highest BCUT2D eigenvalue weighted by Crippen LogP contribution is 2.44. The minimum absolute atomic E-state index is 0.0196. The number of carbonyl (C=O) groups excluding carboxylic acids is 2. The van der Waals surface area contributed by atoms with Crippen molar-refractivity contribution in [3.63, 3.8) is 0 Å². The maximum Gasteiger partial charge on any atom is 0.354 e. The molecule has 0 aliphatic carbocycles. The van der Waals surface area contributed by atoms with Gasteiger partial charge in [-0.25, -0.2) is 4.79 Å². The Morgan fingerprint density at radius 3 is 2.45 bits per heavy atom. The molecule has 1 fully saturated rings. The molecule has 1 aliphatic heterocycles. The SMILES string of the molecule is CCSSC(=O)SC1C(C(C)C)C(=O)N1C(O)C(=O)O. The molecule has 0 aromatic rings. The number of aliphatic hydroxyl groups excluding tert-OH is 1. The second-order valence-electron chi connectivity index (χ2n) is 4.48. The highest BCUT2D eigenvalue weighted by atomic mass is 33.1. The van der Waals surface area contributed by atoms with Crippen molar-refractivity contribution in [1.82, 2.24) is 4.90 Å². The minimum Gasteiger partial charge on any atom is -0.478 e. The molecule has 3 atom stereocenters. The third kappa shape index (κ3) is 3.84.